The van der Waals surface area contributed by atoms with Crippen molar-refractivity contribution in [3.05, 3.63) is 0 Å². The molecule has 0 aromatic carbocycles. The van der Waals surface area contributed by atoms with Crippen LogP contribution in [0.25, 0.3) is 0 Å². The molecule has 6 nitrogen and oxygen atoms in total. The van der Waals surface area contributed by atoms with E-state index in [-0.39, 0.29) is 29.6 Å². The van der Waals surface area contributed by atoms with Crippen LogP contribution in [0.1, 0.15) is 26.2 Å². The van der Waals surface area contributed by atoms with Crippen LogP contribution in [0.2, 0.25) is 0 Å². The van der Waals surface area contributed by atoms with E-state index in [1.165, 1.54) is 0 Å². The van der Waals surface area contributed by atoms with E-state index in [0.717, 1.165) is 32.4 Å². The number of amides is 2. The van der Waals surface area contributed by atoms with Crippen molar-refractivity contribution in [1.82, 2.24) is 14.7 Å². The van der Waals surface area contributed by atoms with Gasteiger partial charge in [0, 0.05) is 38.6 Å². The largest absolute Gasteiger partial charge is 0.339 e. The van der Waals surface area contributed by atoms with E-state index in [4.69, 9.17) is 5.73 Å². The normalized spacial score (nSPS) is 28.6. The fourth-order valence-electron chi connectivity index (χ4n) is 3.48. The highest BCUT2D eigenvalue weighted by Gasteiger charge is 2.36. The third-order valence-corrected chi connectivity index (χ3v) is 5.36. The van der Waals surface area contributed by atoms with Crippen molar-refractivity contribution in [2.75, 3.05) is 52.4 Å². The molecule has 3 rings (SSSR count). The molecule has 2 heterocycles. The second-order valence-corrected chi connectivity index (χ2v) is 7.46. The van der Waals surface area contributed by atoms with Gasteiger partial charge in [-0.3, -0.25) is 14.5 Å². The van der Waals surface area contributed by atoms with Gasteiger partial charge in [0.05, 0.1) is 6.54 Å². The Morgan fingerprint density at radius 3 is 2.22 bits per heavy atom. The summed E-state index contributed by atoms with van der Waals surface area (Å²) in [6.45, 7) is 7.99. The molecule has 23 heavy (non-hydrogen) atoms. The maximum atomic E-state index is 12.4. The molecule has 1 atom stereocenters. The van der Waals surface area contributed by atoms with Crippen molar-refractivity contribution in [1.29, 1.82) is 0 Å². The first-order chi connectivity index (χ1) is 10.5. The van der Waals surface area contributed by atoms with E-state index in [9.17, 15) is 9.59 Å². The smallest absolute Gasteiger partial charge is 0.236 e. The minimum atomic E-state index is 0. The van der Waals surface area contributed by atoms with Gasteiger partial charge in [-0.25, -0.2) is 0 Å². The third-order valence-electron chi connectivity index (χ3n) is 5.36. The molecule has 3 aliphatic rings. The lowest BCUT2D eigenvalue weighted by molar-refractivity contribution is -0.140. The van der Waals surface area contributed by atoms with Gasteiger partial charge >= 0.3 is 0 Å². The van der Waals surface area contributed by atoms with Crippen LogP contribution in [-0.4, -0.2) is 78.9 Å². The summed E-state index contributed by atoms with van der Waals surface area (Å²) in [7, 11) is 0. The third kappa shape index (κ3) is 4.37. The van der Waals surface area contributed by atoms with Crippen LogP contribution in [0, 0.1) is 11.3 Å². The van der Waals surface area contributed by atoms with Gasteiger partial charge < -0.3 is 15.5 Å². The Morgan fingerprint density at radius 2 is 1.70 bits per heavy atom. The molecule has 2 amide bonds. The standard InChI is InChI=1S/C16H28N4O2.ClH/c1-16(11-17)4-5-18(12-16)10-14(21)19-6-8-20(9-7-19)15(22)13-2-3-13;/h13H,2-12,17H2,1H3;1H. The number of likely N-dealkylation sites (tertiary alicyclic amines) is 1. The van der Waals surface area contributed by atoms with E-state index in [1.807, 2.05) is 9.80 Å². The number of carbonyl (C=O) groups excluding carboxylic acids is 2. The molecule has 0 aromatic rings. The molecule has 7 heteroatoms. The van der Waals surface area contributed by atoms with Gasteiger partial charge in [-0.2, -0.15) is 0 Å². The summed E-state index contributed by atoms with van der Waals surface area (Å²) in [6, 6.07) is 0. The van der Waals surface area contributed by atoms with Crippen molar-refractivity contribution in [2.45, 2.75) is 26.2 Å². The zero-order valence-electron chi connectivity index (χ0n) is 14.0. The average molecular weight is 345 g/mol. The minimum absolute atomic E-state index is 0. The zero-order valence-corrected chi connectivity index (χ0v) is 14.8. The summed E-state index contributed by atoms with van der Waals surface area (Å²) >= 11 is 0. The van der Waals surface area contributed by atoms with Crippen LogP contribution < -0.4 is 5.73 Å². The Bertz CT molecular complexity index is 449. The Kier molecular flexibility index (Phi) is 5.92. The fraction of sp³-hybridized carbons (Fsp3) is 0.875. The van der Waals surface area contributed by atoms with Crippen LogP contribution >= 0.6 is 12.4 Å². The highest BCUT2D eigenvalue weighted by molar-refractivity contribution is 5.85. The van der Waals surface area contributed by atoms with Gasteiger partial charge in [0.15, 0.2) is 0 Å². The highest BCUT2D eigenvalue weighted by atomic mass is 35.5. The van der Waals surface area contributed by atoms with Crippen molar-refractivity contribution >= 4 is 24.2 Å². The molecule has 2 N–H and O–H groups in total. The van der Waals surface area contributed by atoms with Gasteiger partial charge in [0.25, 0.3) is 0 Å². The first-order valence-electron chi connectivity index (χ1n) is 8.50. The van der Waals surface area contributed by atoms with E-state index in [0.29, 0.717) is 45.2 Å². The quantitative estimate of drug-likeness (QED) is 0.788. The van der Waals surface area contributed by atoms with E-state index >= 15 is 0 Å². The maximum absolute atomic E-state index is 12.4. The molecule has 1 aliphatic carbocycles. The van der Waals surface area contributed by atoms with Crippen molar-refractivity contribution in [3.8, 4) is 0 Å². The van der Waals surface area contributed by atoms with E-state index in [2.05, 4.69) is 11.8 Å². The maximum Gasteiger partial charge on any atom is 0.236 e. The van der Waals surface area contributed by atoms with Crippen LogP contribution in [-0.2, 0) is 9.59 Å². The molecular formula is C16H29ClN4O2. The van der Waals surface area contributed by atoms with Crippen molar-refractivity contribution in [2.24, 2.45) is 17.1 Å². The number of halogens is 1. The van der Waals surface area contributed by atoms with E-state index < -0.39 is 0 Å². The summed E-state index contributed by atoms with van der Waals surface area (Å²) in [6.07, 6.45) is 3.17. The molecule has 2 saturated heterocycles. The molecular weight excluding hydrogens is 316 g/mol. The second kappa shape index (κ2) is 7.36. The Labute approximate surface area is 144 Å². The van der Waals surface area contributed by atoms with Gasteiger partial charge in [0.1, 0.15) is 0 Å². The number of hydrogen-bond donors (Lipinski definition) is 1. The zero-order chi connectivity index (χ0) is 15.7. The molecule has 1 unspecified atom stereocenters. The lowest BCUT2D eigenvalue weighted by Gasteiger charge is -2.35. The van der Waals surface area contributed by atoms with E-state index in [1.54, 1.807) is 0 Å². The summed E-state index contributed by atoms with van der Waals surface area (Å²) in [4.78, 5) is 30.5. The number of rotatable bonds is 4. The van der Waals surface area contributed by atoms with Crippen molar-refractivity contribution < 1.29 is 9.59 Å². The van der Waals surface area contributed by atoms with Gasteiger partial charge in [-0.15, -0.1) is 12.4 Å². The predicted molar refractivity (Wildman–Crippen MR) is 91.4 cm³/mol. The Hall–Kier alpha value is -0.850. The highest BCUT2D eigenvalue weighted by Crippen LogP contribution is 2.31. The Morgan fingerprint density at radius 1 is 1.09 bits per heavy atom. The molecule has 0 spiro atoms. The van der Waals surface area contributed by atoms with Crippen LogP contribution in [0.4, 0.5) is 0 Å². The SMILES string of the molecule is CC1(CN)CCN(CC(=O)N2CCN(C(=O)C3CC3)CC2)C1.Cl. The van der Waals surface area contributed by atoms with Crippen LogP contribution in [0.3, 0.4) is 0 Å². The molecule has 0 aromatic heterocycles. The number of carbonyl (C=O) groups is 2. The molecule has 0 radical (unpaired) electrons. The first-order valence-corrected chi connectivity index (χ1v) is 8.50. The molecule has 2 aliphatic heterocycles. The summed E-state index contributed by atoms with van der Waals surface area (Å²) in [5.41, 5.74) is 5.98. The topological polar surface area (TPSA) is 69.9 Å². The molecule has 3 fully saturated rings. The summed E-state index contributed by atoms with van der Waals surface area (Å²) in [5, 5.41) is 0. The monoisotopic (exact) mass is 344 g/mol. The predicted octanol–water partition coefficient (Wildman–Crippen LogP) is 0.160. The van der Waals surface area contributed by atoms with Gasteiger partial charge in [0.2, 0.25) is 11.8 Å². The lowest BCUT2D eigenvalue weighted by atomic mass is 9.90. The number of nitrogens with zero attached hydrogens (tertiary/aromatic N) is 3. The number of nitrogens with two attached hydrogens (primary N) is 1. The molecule has 0 bridgehead atoms. The Balaban J connectivity index is 0.00000192. The van der Waals surface area contributed by atoms with Gasteiger partial charge in [-0.1, -0.05) is 6.92 Å². The second-order valence-electron chi connectivity index (χ2n) is 7.46. The number of piperazine rings is 1. The van der Waals surface area contributed by atoms with Crippen LogP contribution in [0.5, 0.6) is 0 Å². The molecule has 132 valence electrons. The minimum Gasteiger partial charge on any atom is -0.339 e. The van der Waals surface area contributed by atoms with Crippen molar-refractivity contribution in [3.63, 3.8) is 0 Å². The summed E-state index contributed by atoms with van der Waals surface area (Å²) in [5.74, 6) is 0.769. The average Bonchev–Trinajstić information content (AvgIpc) is 3.31. The molecule has 1 saturated carbocycles. The summed E-state index contributed by atoms with van der Waals surface area (Å²) < 4.78 is 0. The number of hydrogen-bond acceptors (Lipinski definition) is 4. The first kappa shape index (κ1) is 18.5. The lowest BCUT2D eigenvalue weighted by Crippen LogP contribution is -2.53. The van der Waals surface area contributed by atoms with Gasteiger partial charge in [-0.05, 0) is 37.8 Å². The van der Waals surface area contributed by atoms with Crippen LogP contribution in [0.15, 0.2) is 0 Å². The fourth-order valence-corrected chi connectivity index (χ4v) is 3.48.